The number of benzene rings is 1. The molecule has 1 saturated carbocycles. The van der Waals surface area contributed by atoms with Crippen LogP contribution in [0.2, 0.25) is 0 Å². The number of piperidine rings is 1. The van der Waals surface area contributed by atoms with Crippen molar-refractivity contribution in [3.05, 3.63) is 60.0 Å². The number of nitrogens with zero attached hydrogens (tertiary/aromatic N) is 6. The number of anilines is 2. The van der Waals surface area contributed by atoms with Crippen LogP contribution >= 0.6 is 0 Å². The average Bonchev–Trinajstić information content (AvgIpc) is 3.39. The van der Waals surface area contributed by atoms with Crippen LogP contribution in [0, 0.1) is 5.41 Å². The normalized spacial score (nSPS) is 18.2. The summed E-state index contributed by atoms with van der Waals surface area (Å²) in [6, 6.07) is 7.90. The molecule has 2 aliphatic rings. The molecule has 14 heteroatoms. The Morgan fingerprint density at radius 1 is 1.11 bits per heavy atom. The van der Waals surface area contributed by atoms with Gasteiger partial charge < -0.3 is 20.7 Å². The van der Waals surface area contributed by atoms with Crippen LogP contribution in [-0.4, -0.2) is 68.3 Å². The Morgan fingerprint density at radius 3 is 2.57 bits per heavy atom. The Bertz CT molecular complexity index is 1700. The van der Waals surface area contributed by atoms with Gasteiger partial charge in [-0.2, -0.15) is 18.3 Å². The van der Waals surface area contributed by atoms with Gasteiger partial charge in [-0.15, -0.1) is 0 Å². The number of amides is 2. The van der Waals surface area contributed by atoms with Crippen molar-refractivity contribution in [2.24, 2.45) is 5.41 Å². The van der Waals surface area contributed by atoms with Crippen molar-refractivity contribution < 1.29 is 27.5 Å². The monoisotopic (exact) mass is 608 g/mol. The summed E-state index contributed by atoms with van der Waals surface area (Å²) in [5.41, 5.74) is 6.84. The van der Waals surface area contributed by atoms with Crippen molar-refractivity contribution in [3.63, 3.8) is 0 Å². The summed E-state index contributed by atoms with van der Waals surface area (Å²) in [6.07, 6.45) is 2.07. The van der Waals surface area contributed by atoms with E-state index in [2.05, 4.69) is 20.3 Å². The molecule has 1 aliphatic carbocycles. The van der Waals surface area contributed by atoms with E-state index in [0.29, 0.717) is 42.0 Å². The molecule has 0 bridgehead atoms. The predicted octanol–water partition coefficient (Wildman–Crippen LogP) is 4.72. The van der Waals surface area contributed by atoms with E-state index >= 15 is 0 Å². The van der Waals surface area contributed by atoms with Gasteiger partial charge in [-0.3, -0.25) is 9.59 Å². The number of rotatable bonds is 7. The van der Waals surface area contributed by atoms with Crippen molar-refractivity contribution in [2.45, 2.75) is 44.3 Å². The molecule has 4 aromatic rings. The van der Waals surface area contributed by atoms with E-state index in [1.54, 1.807) is 19.2 Å². The second kappa shape index (κ2) is 11.5. The Kier molecular flexibility index (Phi) is 7.70. The average molecular weight is 609 g/mol. The first-order chi connectivity index (χ1) is 21.1. The molecule has 3 aromatic heterocycles. The third-order valence-electron chi connectivity index (χ3n) is 8.48. The summed E-state index contributed by atoms with van der Waals surface area (Å²) in [5.74, 6) is -0.471. The summed E-state index contributed by atoms with van der Waals surface area (Å²) >= 11 is 0. The van der Waals surface area contributed by atoms with Gasteiger partial charge in [-0.05, 0) is 49.9 Å². The number of halogens is 3. The number of carbonyl (C=O) groups excluding carboxylic acids is 2. The minimum Gasteiger partial charge on any atom is -0.384 e. The molecular weight excluding hydrogens is 577 g/mol. The molecular formula is C30H31F3N8O3. The minimum absolute atomic E-state index is 0.121. The SMILES string of the molecule is COCC1(C(=O)N2CCCC(n3nc(-c4ccc(C(=O)Nc5cc(C(F)(F)F)ccn5)cc4)c4c(N)ncnc43)C2)CCC1. The predicted molar refractivity (Wildman–Crippen MR) is 155 cm³/mol. The highest BCUT2D eigenvalue weighted by Gasteiger charge is 2.47. The number of ether oxygens (including phenoxy) is 1. The van der Waals surface area contributed by atoms with Gasteiger partial charge in [-0.25, -0.2) is 19.6 Å². The standard InChI is InChI=1S/C30H31F3N8O3/c1-44-16-29(10-3-11-29)28(43)40-13-2-4-21(15-40)41-26-23(25(34)36-17-37-26)24(39-41)18-5-7-19(8-6-18)27(42)38-22-14-20(9-12-35-22)30(31,32)33/h5-9,12,14,17,21H,2-4,10-11,13,15-16H2,1H3,(H2,34,36,37)(H,35,38,42). The molecule has 44 heavy (non-hydrogen) atoms. The molecule has 2 fully saturated rings. The fourth-order valence-electron chi connectivity index (χ4n) is 6.07. The zero-order valence-corrected chi connectivity index (χ0v) is 24.0. The number of nitrogen functional groups attached to an aromatic ring is 1. The number of likely N-dealkylation sites (tertiary alicyclic amines) is 1. The lowest BCUT2D eigenvalue weighted by molar-refractivity contribution is -0.154. The first kappa shape index (κ1) is 29.5. The van der Waals surface area contributed by atoms with Crippen molar-refractivity contribution in [2.75, 3.05) is 37.9 Å². The van der Waals surface area contributed by atoms with Gasteiger partial charge in [0.2, 0.25) is 5.91 Å². The lowest BCUT2D eigenvalue weighted by Crippen LogP contribution is -2.53. The molecule has 6 rings (SSSR count). The zero-order chi connectivity index (χ0) is 31.1. The van der Waals surface area contributed by atoms with Crippen LogP contribution in [0.1, 0.15) is 54.1 Å². The van der Waals surface area contributed by atoms with Crippen LogP contribution in [0.5, 0.6) is 0 Å². The van der Waals surface area contributed by atoms with Gasteiger partial charge in [0.05, 0.1) is 29.0 Å². The van der Waals surface area contributed by atoms with E-state index in [1.165, 1.54) is 18.5 Å². The molecule has 230 valence electrons. The molecule has 1 unspecified atom stereocenters. The molecule has 1 saturated heterocycles. The van der Waals surface area contributed by atoms with Crippen LogP contribution in [0.15, 0.2) is 48.9 Å². The molecule has 1 aromatic carbocycles. The maximum Gasteiger partial charge on any atom is 0.416 e. The topological polar surface area (TPSA) is 141 Å². The van der Waals surface area contributed by atoms with E-state index in [9.17, 15) is 22.8 Å². The Balaban J connectivity index is 1.25. The fraction of sp³-hybridized carbons (Fsp3) is 0.400. The number of nitrogens with one attached hydrogen (secondary N) is 1. The summed E-state index contributed by atoms with van der Waals surface area (Å²) in [4.78, 5) is 40.7. The Hall–Kier alpha value is -4.59. The third-order valence-corrected chi connectivity index (χ3v) is 8.48. The Morgan fingerprint density at radius 2 is 1.89 bits per heavy atom. The summed E-state index contributed by atoms with van der Waals surface area (Å²) in [5, 5.41) is 7.86. The number of fused-ring (bicyclic) bond motifs is 1. The number of aromatic nitrogens is 5. The number of hydrogen-bond donors (Lipinski definition) is 2. The van der Waals surface area contributed by atoms with Crippen molar-refractivity contribution in [3.8, 4) is 11.3 Å². The minimum atomic E-state index is -4.56. The smallest absolute Gasteiger partial charge is 0.384 e. The fourth-order valence-corrected chi connectivity index (χ4v) is 6.07. The first-order valence-corrected chi connectivity index (χ1v) is 14.3. The van der Waals surface area contributed by atoms with Crippen molar-refractivity contribution in [1.29, 1.82) is 0 Å². The molecule has 1 aliphatic heterocycles. The lowest BCUT2D eigenvalue weighted by atomic mass is 9.68. The quantitative estimate of drug-likeness (QED) is 0.307. The number of methoxy groups -OCH3 is 1. The number of nitrogens with two attached hydrogens (primary N) is 1. The van der Waals surface area contributed by atoms with E-state index in [4.69, 9.17) is 15.6 Å². The molecule has 1 atom stereocenters. The maximum absolute atomic E-state index is 13.6. The molecule has 2 amide bonds. The van der Waals surface area contributed by atoms with E-state index < -0.39 is 23.1 Å². The van der Waals surface area contributed by atoms with E-state index in [0.717, 1.165) is 50.4 Å². The van der Waals surface area contributed by atoms with Crippen LogP contribution in [0.25, 0.3) is 22.3 Å². The van der Waals surface area contributed by atoms with Gasteiger partial charge in [0.1, 0.15) is 23.7 Å². The number of pyridine rings is 1. The van der Waals surface area contributed by atoms with Gasteiger partial charge in [0.25, 0.3) is 5.91 Å². The largest absolute Gasteiger partial charge is 0.416 e. The van der Waals surface area contributed by atoms with Gasteiger partial charge in [0.15, 0.2) is 5.65 Å². The lowest BCUT2D eigenvalue weighted by Gasteiger charge is -2.45. The Labute approximate surface area is 250 Å². The highest BCUT2D eigenvalue weighted by atomic mass is 19.4. The highest BCUT2D eigenvalue weighted by Crippen LogP contribution is 2.44. The number of alkyl halides is 3. The second-order valence-corrected chi connectivity index (χ2v) is 11.3. The molecule has 0 spiro atoms. The molecule has 3 N–H and O–H groups in total. The van der Waals surface area contributed by atoms with Gasteiger partial charge in [-0.1, -0.05) is 18.6 Å². The number of hydrogen-bond acceptors (Lipinski definition) is 8. The first-order valence-electron chi connectivity index (χ1n) is 14.3. The van der Waals surface area contributed by atoms with Crippen LogP contribution in [0.4, 0.5) is 24.8 Å². The maximum atomic E-state index is 13.6. The second-order valence-electron chi connectivity index (χ2n) is 11.3. The van der Waals surface area contributed by atoms with Crippen LogP contribution in [-0.2, 0) is 15.7 Å². The summed E-state index contributed by atoms with van der Waals surface area (Å²) in [7, 11) is 1.63. The van der Waals surface area contributed by atoms with Crippen LogP contribution < -0.4 is 11.1 Å². The van der Waals surface area contributed by atoms with Crippen molar-refractivity contribution in [1.82, 2.24) is 29.6 Å². The van der Waals surface area contributed by atoms with E-state index in [-0.39, 0.29) is 29.1 Å². The van der Waals surface area contributed by atoms with Crippen LogP contribution in [0.3, 0.4) is 0 Å². The summed E-state index contributed by atoms with van der Waals surface area (Å²) < 4.78 is 46.4. The highest BCUT2D eigenvalue weighted by molar-refractivity contribution is 6.04. The number of carbonyl (C=O) groups is 2. The molecule has 0 radical (unpaired) electrons. The summed E-state index contributed by atoms with van der Waals surface area (Å²) in [6.45, 7) is 1.56. The van der Waals surface area contributed by atoms with E-state index in [1.807, 2.05) is 9.58 Å². The van der Waals surface area contributed by atoms with Gasteiger partial charge >= 0.3 is 6.18 Å². The zero-order valence-electron chi connectivity index (χ0n) is 24.0. The molecule has 4 heterocycles. The van der Waals surface area contributed by atoms with Crippen molar-refractivity contribution >= 4 is 34.5 Å². The molecule has 11 nitrogen and oxygen atoms in total. The van der Waals surface area contributed by atoms with Gasteiger partial charge in [0, 0.05) is 37.5 Å². The third kappa shape index (κ3) is 5.45.